The molecular formula is C18H29ClN2. The molecule has 0 amide bonds. The van der Waals surface area contributed by atoms with E-state index < -0.39 is 0 Å². The Morgan fingerprint density at radius 2 is 1.24 bits per heavy atom. The lowest BCUT2D eigenvalue weighted by Crippen LogP contribution is -3.00. The lowest BCUT2D eigenvalue weighted by molar-refractivity contribution is -0.00000455. The molecule has 3 heteroatoms. The fourth-order valence-electron chi connectivity index (χ4n) is 2.55. The number of rotatable bonds is 11. The number of aryl methyl sites for hydroxylation is 1. The van der Waals surface area contributed by atoms with Crippen molar-refractivity contribution >= 4 is 5.69 Å². The fourth-order valence-corrected chi connectivity index (χ4v) is 2.55. The molecule has 0 aromatic heterocycles. The Bertz CT molecular complexity index is 381. The topological polar surface area (TPSA) is 28.1 Å². The summed E-state index contributed by atoms with van der Waals surface area (Å²) in [6.45, 7) is 2.27. The highest BCUT2D eigenvalue weighted by Gasteiger charge is 2.02. The number of hydrogen-bond acceptors (Lipinski definition) is 1. The first-order valence-corrected chi connectivity index (χ1v) is 8.31. The van der Waals surface area contributed by atoms with E-state index >= 15 is 0 Å². The fraction of sp³-hybridized carbons (Fsp3) is 0.667. The van der Waals surface area contributed by atoms with E-state index in [1.807, 2.05) is 12.1 Å². The zero-order valence-corrected chi connectivity index (χ0v) is 14.1. The Morgan fingerprint density at radius 3 is 1.71 bits per heavy atom. The van der Waals surface area contributed by atoms with Crippen LogP contribution in [0.2, 0.25) is 0 Å². The van der Waals surface area contributed by atoms with Gasteiger partial charge in [-0.05, 0) is 18.4 Å². The summed E-state index contributed by atoms with van der Waals surface area (Å²) in [6, 6.07) is 7.85. The van der Waals surface area contributed by atoms with Crippen LogP contribution in [0.5, 0.6) is 0 Å². The van der Waals surface area contributed by atoms with Gasteiger partial charge >= 0.3 is 5.69 Å². The maximum absolute atomic E-state index is 8.62. The highest BCUT2D eigenvalue weighted by Crippen LogP contribution is 2.15. The van der Waals surface area contributed by atoms with Crippen molar-refractivity contribution in [3.63, 3.8) is 0 Å². The van der Waals surface area contributed by atoms with Gasteiger partial charge in [-0.2, -0.15) is 0 Å². The molecule has 0 atom stereocenters. The molecule has 1 aromatic rings. The minimum atomic E-state index is 0. The van der Waals surface area contributed by atoms with Crippen LogP contribution in [0.1, 0.15) is 76.7 Å². The molecule has 0 radical (unpaired) electrons. The minimum absolute atomic E-state index is 0. The van der Waals surface area contributed by atoms with Gasteiger partial charge in [0.2, 0.25) is 5.39 Å². The first-order valence-electron chi connectivity index (χ1n) is 8.31. The average molecular weight is 309 g/mol. The first kappa shape index (κ1) is 19.9. The summed E-state index contributed by atoms with van der Waals surface area (Å²) in [6.07, 6.45) is 14.9. The SMILES string of the molecule is CCCCCCCCCCCCc1ccc([N+]#N)cc1.[Cl-]. The third-order valence-electron chi connectivity index (χ3n) is 3.87. The van der Waals surface area contributed by atoms with E-state index in [0.717, 1.165) is 6.42 Å². The average Bonchev–Trinajstić information content (AvgIpc) is 2.50. The normalized spacial score (nSPS) is 9.90. The molecule has 0 saturated carbocycles. The van der Waals surface area contributed by atoms with Gasteiger partial charge in [0.25, 0.3) is 0 Å². The second-order valence-corrected chi connectivity index (χ2v) is 5.70. The minimum Gasteiger partial charge on any atom is -1.00 e. The summed E-state index contributed by atoms with van der Waals surface area (Å²) in [5.74, 6) is 0. The third kappa shape index (κ3) is 10.3. The number of diazo groups is 1. The molecule has 1 aromatic carbocycles. The van der Waals surface area contributed by atoms with Crippen molar-refractivity contribution in [2.45, 2.75) is 77.6 Å². The molecule has 0 saturated heterocycles. The van der Waals surface area contributed by atoms with Crippen molar-refractivity contribution in [2.24, 2.45) is 0 Å². The van der Waals surface area contributed by atoms with E-state index in [9.17, 15) is 0 Å². The van der Waals surface area contributed by atoms with Crippen LogP contribution in [0.15, 0.2) is 24.3 Å². The summed E-state index contributed by atoms with van der Waals surface area (Å²) in [5, 5.41) is 8.62. The van der Waals surface area contributed by atoms with Crippen molar-refractivity contribution in [1.82, 2.24) is 0 Å². The van der Waals surface area contributed by atoms with E-state index in [2.05, 4.69) is 24.0 Å². The first-order chi connectivity index (χ1) is 9.86. The van der Waals surface area contributed by atoms with E-state index in [0.29, 0.717) is 5.69 Å². The molecule has 0 N–H and O–H groups in total. The summed E-state index contributed by atoms with van der Waals surface area (Å²) < 4.78 is 0. The molecule has 21 heavy (non-hydrogen) atoms. The van der Waals surface area contributed by atoms with Gasteiger partial charge in [-0.15, -0.1) is 0 Å². The Balaban J connectivity index is 0.00000400. The second kappa shape index (κ2) is 13.9. The van der Waals surface area contributed by atoms with Crippen LogP contribution in [0, 0.1) is 5.39 Å². The smallest absolute Gasteiger partial charge is 0.385 e. The van der Waals surface area contributed by atoms with Crippen LogP contribution < -0.4 is 12.4 Å². The highest BCUT2D eigenvalue weighted by molar-refractivity contribution is 5.44. The predicted octanol–water partition coefficient (Wildman–Crippen LogP) is 3.64. The molecular weight excluding hydrogens is 280 g/mol. The standard InChI is InChI=1S/C18H29N2.ClH/c1-2-3-4-5-6-7-8-9-10-11-12-17-13-15-18(20-19)16-14-17;/h13-16H,2-12H2,1H3;1H/q+1;/p-1. The lowest BCUT2D eigenvalue weighted by Gasteiger charge is -2.02. The van der Waals surface area contributed by atoms with Gasteiger partial charge in [0.1, 0.15) is 0 Å². The molecule has 0 fully saturated rings. The Kier molecular flexibility index (Phi) is 13.2. The van der Waals surface area contributed by atoms with Crippen LogP contribution in [0.4, 0.5) is 5.69 Å². The molecule has 0 aliphatic rings. The second-order valence-electron chi connectivity index (χ2n) is 5.70. The molecule has 118 valence electrons. The largest absolute Gasteiger partial charge is 1.00 e. The van der Waals surface area contributed by atoms with Crippen molar-refractivity contribution in [3.05, 3.63) is 34.8 Å². The van der Waals surface area contributed by atoms with Crippen molar-refractivity contribution < 1.29 is 12.4 Å². The Labute approximate surface area is 136 Å². The summed E-state index contributed by atoms with van der Waals surface area (Å²) in [7, 11) is 0. The zero-order chi connectivity index (χ0) is 14.5. The maximum atomic E-state index is 8.62. The van der Waals surface area contributed by atoms with E-state index in [4.69, 9.17) is 5.39 Å². The molecule has 0 heterocycles. The number of nitrogens with zero attached hydrogens (tertiary/aromatic N) is 2. The van der Waals surface area contributed by atoms with Gasteiger partial charge in [-0.3, -0.25) is 0 Å². The zero-order valence-electron chi connectivity index (χ0n) is 13.4. The lowest BCUT2D eigenvalue weighted by atomic mass is 10.0. The number of benzene rings is 1. The van der Waals surface area contributed by atoms with E-state index in [1.165, 1.54) is 69.8 Å². The molecule has 0 bridgehead atoms. The molecule has 0 spiro atoms. The summed E-state index contributed by atoms with van der Waals surface area (Å²) >= 11 is 0. The van der Waals surface area contributed by atoms with Gasteiger partial charge in [-0.1, -0.05) is 76.8 Å². The molecule has 2 nitrogen and oxygen atoms in total. The van der Waals surface area contributed by atoms with Crippen LogP contribution in [0.3, 0.4) is 0 Å². The van der Waals surface area contributed by atoms with Gasteiger partial charge in [0.15, 0.2) is 4.98 Å². The molecule has 0 aliphatic carbocycles. The van der Waals surface area contributed by atoms with Gasteiger partial charge in [-0.25, -0.2) is 0 Å². The summed E-state index contributed by atoms with van der Waals surface area (Å²) in [5.41, 5.74) is 1.98. The molecule has 0 unspecified atom stereocenters. The quantitative estimate of drug-likeness (QED) is 0.453. The van der Waals surface area contributed by atoms with Crippen LogP contribution in [0.25, 0.3) is 4.98 Å². The monoisotopic (exact) mass is 308 g/mol. The van der Waals surface area contributed by atoms with Crippen LogP contribution in [-0.4, -0.2) is 0 Å². The Hall–Kier alpha value is -1.07. The van der Waals surface area contributed by atoms with Crippen molar-refractivity contribution in [2.75, 3.05) is 0 Å². The van der Waals surface area contributed by atoms with E-state index in [1.54, 1.807) is 0 Å². The molecule has 0 aliphatic heterocycles. The molecule has 1 rings (SSSR count). The summed E-state index contributed by atoms with van der Waals surface area (Å²) in [4.78, 5) is 3.17. The van der Waals surface area contributed by atoms with Crippen molar-refractivity contribution in [1.29, 1.82) is 5.39 Å². The highest BCUT2D eigenvalue weighted by atomic mass is 35.5. The van der Waals surface area contributed by atoms with Crippen LogP contribution in [-0.2, 0) is 6.42 Å². The number of hydrogen-bond donors (Lipinski definition) is 0. The maximum Gasteiger partial charge on any atom is 0.385 e. The van der Waals surface area contributed by atoms with Gasteiger partial charge < -0.3 is 12.4 Å². The number of unbranched alkanes of at least 4 members (excludes halogenated alkanes) is 9. The third-order valence-corrected chi connectivity index (χ3v) is 3.87. The number of halogens is 1. The Morgan fingerprint density at radius 1 is 0.762 bits per heavy atom. The van der Waals surface area contributed by atoms with Gasteiger partial charge in [0, 0.05) is 12.1 Å². The van der Waals surface area contributed by atoms with Crippen LogP contribution >= 0.6 is 0 Å². The predicted molar refractivity (Wildman–Crippen MR) is 86.7 cm³/mol. The van der Waals surface area contributed by atoms with Crippen molar-refractivity contribution in [3.8, 4) is 0 Å². The van der Waals surface area contributed by atoms with Gasteiger partial charge in [0.05, 0.1) is 0 Å². The van der Waals surface area contributed by atoms with E-state index in [-0.39, 0.29) is 12.4 Å².